The van der Waals surface area contributed by atoms with Gasteiger partial charge in [-0.3, -0.25) is 4.79 Å². The lowest BCUT2D eigenvalue weighted by atomic mass is 9.99. The zero-order chi connectivity index (χ0) is 17.1. The molecule has 0 aromatic heterocycles. The van der Waals surface area contributed by atoms with Crippen molar-refractivity contribution in [3.05, 3.63) is 58.9 Å². The van der Waals surface area contributed by atoms with Gasteiger partial charge in [-0.1, -0.05) is 23.8 Å². The van der Waals surface area contributed by atoms with Crippen LogP contribution in [0.1, 0.15) is 23.6 Å². The molecule has 0 saturated carbocycles. The van der Waals surface area contributed by atoms with Crippen LogP contribution < -0.4 is 15.4 Å². The number of fused-ring (bicyclic) bond motifs is 1. The highest BCUT2D eigenvalue weighted by molar-refractivity contribution is 5.94. The fourth-order valence-electron chi connectivity index (χ4n) is 2.74. The second-order valence-corrected chi connectivity index (χ2v) is 6.05. The van der Waals surface area contributed by atoms with Crippen LogP contribution in [0.25, 0.3) is 0 Å². The van der Waals surface area contributed by atoms with Crippen LogP contribution in [-0.4, -0.2) is 18.6 Å². The molecule has 1 aliphatic heterocycles. The fraction of sp³-hybridized carbons (Fsp3) is 0.316. The molecule has 1 aliphatic rings. The summed E-state index contributed by atoms with van der Waals surface area (Å²) in [5, 5.41) is 5.84. The first-order chi connectivity index (χ1) is 11.5. The highest BCUT2D eigenvalue weighted by Crippen LogP contribution is 2.25. The Hall–Kier alpha value is -2.11. The Labute approximate surface area is 153 Å². The molecule has 25 heavy (non-hydrogen) atoms. The van der Waals surface area contributed by atoms with Crippen LogP contribution in [0.5, 0.6) is 5.75 Å². The van der Waals surface area contributed by atoms with Crippen molar-refractivity contribution in [3.63, 3.8) is 0 Å². The standard InChI is InChI=1S/C19H21FN2O2.ClH/c1-12-3-6-15(7-4-12)24-13(2)19(23)22-17-8-5-14-11-21-10-9-16(14)18(17)20;/h3-8,13,21H,9-11H2,1-2H3,(H,22,23);1H. The molecule has 1 atom stereocenters. The molecule has 2 N–H and O–H groups in total. The number of carbonyl (C=O) groups excluding carboxylic acids is 1. The largest absolute Gasteiger partial charge is 0.481 e. The first-order valence-electron chi connectivity index (χ1n) is 8.10. The smallest absolute Gasteiger partial charge is 0.265 e. The van der Waals surface area contributed by atoms with Gasteiger partial charge in [0, 0.05) is 6.54 Å². The lowest BCUT2D eigenvalue weighted by molar-refractivity contribution is -0.122. The van der Waals surface area contributed by atoms with Crippen molar-refractivity contribution in [2.75, 3.05) is 11.9 Å². The van der Waals surface area contributed by atoms with Gasteiger partial charge in [-0.25, -0.2) is 4.39 Å². The first-order valence-corrected chi connectivity index (χ1v) is 8.10. The number of hydrogen-bond acceptors (Lipinski definition) is 3. The molecule has 6 heteroatoms. The number of ether oxygens (including phenoxy) is 1. The summed E-state index contributed by atoms with van der Waals surface area (Å²) in [5.74, 6) is -0.103. The average molecular weight is 365 g/mol. The van der Waals surface area contributed by atoms with E-state index in [0.717, 1.165) is 17.7 Å². The Bertz CT molecular complexity index is 750. The van der Waals surface area contributed by atoms with Crippen LogP contribution in [0.4, 0.5) is 10.1 Å². The van der Waals surface area contributed by atoms with Crippen molar-refractivity contribution in [2.45, 2.75) is 32.9 Å². The molecule has 2 aromatic rings. The van der Waals surface area contributed by atoms with Crippen LogP contribution >= 0.6 is 12.4 Å². The summed E-state index contributed by atoms with van der Waals surface area (Å²) in [6.07, 6.45) is -0.0925. The molecule has 1 unspecified atom stereocenters. The van der Waals surface area contributed by atoms with Crippen LogP contribution in [0.2, 0.25) is 0 Å². The first kappa shape index (κ1) is 19.2. The van der Waals surface area contributed by atoms with E-state index in [9.17, 15) is 9.18 Å². The highest BCUT2D eigenvalue weighted by Gasteiger charge is 2.20. The molecular formula is C19H22ClFN2O2. The van der Waals surface area contributed by atoms with Gasteiger partial charge in [0.25, 0.3) is 5.91 Å². The van der Waals surface area contributed by atoms with E-state index in [2.05, 4.69) is 10.6 Å². The lowest BCUT2D eigenvalue weighted by Crippen LogP contribution is -2.31. The molecule has 134 valence electrons. The number of aryl methyl sites for hydroxylation is 1. The summed E-state index contributed by atoms with van der Waals surface area (Å²) in [6.45, 7) is 5.03. The van der Waals surface area contributed by atoms with E-state index in [0.29, 0.717) is 24.3 Å². The number of carbonyl (C=O) groups is 1. The van der Waals surface area contributed by atoms with E-state index in [1.807, 2.05) is 37.3 Å². The fourth-order valence-corrected chi connectivity index (χ4v) is 2.74. The minimum atomic E-state index is -0.718. The van der Waals surface area contributed by atoms with Gasteiger partial charge >= 0.3 is 0 Å². The number of anilines is 1. The molecule has 4 nitrogen and oxygen atoms in total. The third kappa shape index (κ3) is 4.50. The Morgan fingerprint density at radius 2 is 1.96 bits per heavy atom. The number of hydrogen-bond donors (Lipinski definition) is 2. The quantitative estimate of drug-likeness (QED) is 0.871. The van der Waals surface area contributed by atoms with Crippen LogP contribution in [0, 0.1) is 12.7 Å². The van der Waals surface area contributed by atoms with Crippen LogP contribution in [-0.2, 0) is 17.8 Å². The van der Waals surface area contributed by atoms with E-state index < -0.39 is 6.10 Å². The molecule has 0 saturated heterocycles. The van der Waals surface area contributed by atoms with E-state index >= 15 is 0 Å². The van der Waals surface area contributed by atoms with Crippen molar-refractivity contribution < 1.29 is 13.9 Å². The summed E-state index contributed by atoms with van der Waals surface area (Å²) in [7, 11) is 0. The highest BCUT2D eigenvalue weighted by atomic mass is 35.5. The van der Waals surface area contributed by atoms with E-state index in [-0.39, 0.29) is 29.8 Å². The Kier molecular flexibility index (Phi) is 6.39. The molecule has 3 rings (SSSR count). The average Bonchev–Trinajstić information content (AvgIpc) is 2.59. The van der Waals surface area contributed by atoms with Gasteiger partial charge in [-0.15, -0.1) is 12.4 Å². The lowest BCUT2D eigenvalue weighted by Gasteiger charge is -2.20. The topological polar surface area (TPSA) is 50.4 Å². The molecule has 0 spiro atoms. The number of amides is 1. The maximum Gasteiger partial charge on any atom is 0.265 e. The van der Waals surface area contributed by atoms with Gasteiger partial charge in [-0.05, 0) is 56.1 Å². The van der Waals surface area contributed by atoms with Gasteiger partial charge in [0.2, 0.25) is 0 Å². The monoisotopic (exact) mass is 364 g/mol. The van der Waals surface area contributed by atoms with Crippen LogP contribution in [0.15, 0.2) is 36.4 Å². The van der Waals surface area contributed by atoms with Crippen molar-refractivity contribution in [1.82, 2.24) is 5.32 Å². The normalized spacial score (nSPS) is 14.0. The van der Waals surface area contributed by atoms with Crippen molar-refractivity contribution in [1.29, 1.82) is 0 Å². The van der Waals surface area contributed by atoms with Gasteiger partial charge in [0.15, 0.2) is 6.10 Å². The summed E-state index contributed by atoms with van der Waals surface area (Å²) in [4.78, 5) is 12.3. The molecule has 0 bridgehead atoms. The molecular weight excluding hydrogens is 343 g/mol. The van der Waals surface area contributed by atoms with Crippen molar-refractivity contribution in [2.24, 2.45) is 0 Å². The predicted octanol–water partition coefficient (Wildman–Crippen LogP) is 3.61. The van der Waals surface area contributed by atoms with Crippen LogP contribution in [0.3, 0.4) is 0 Å². The van der Waals surface area contributed by atoms with Gasteiger partial charge < -0.3 is 15.4 Å². The van der Waals surface area contributed by atoms with E-state index in [1.54, 1.807) is 13.0 Å². The minimum Gasteiger partial charge on any atom is -0.481 e. The number of rotatable bonds is 4. The van der Waals surface area contributed by atoms with E-state index in [1.165, 1.54) is 0 Å². The summed E-state index contributed by atoms with van der Waals surface area (Å²) in [5.41, 5.74) is 2.95. The predicted molar refractivity (Wildman–Crippen MR) is 99.0 cm³/mol. The SMILES string of the molecule is Cc1ccc(OC(C)C(=O)Nc2ccc3c(c2F)CCNC3)cc1.Cl. The second-order valence-electron chi connectivity index (χ2n) is 6.05. The number of benzene rings is 2. The minimum absolute atomic E-state index is 0. The maximum atomic E-state index is 14.6. The molecule has 0 fully saturated rings. The zero-order valence-corrected chi connectivity index (χ0v) is 15.1. The number of nitrogens with one attached hydrogen (secondary N) is 2. The Morgan fingerprint density at radius 3 is 2.68 bits per heavy atom. The molecule has 1 heterocycles. The summed E-state index contributed by atoms with van der Waals surface area (Å²) < 4.78 is 20.2. The summed E-state index contributed by atoms with van der Waals surface area (Å²) in [6, 6.07) is 10.9. The molecule has 1 amide bonds. The third-order valence-electron chi connectivity index (χ3n) is 4.17. The Balaban J connectivity index is 0.00000225. The number of halogens is 2. The van der Waals surface area contributed by atoms with Gasteiger partial charge in [0.05, 0.1) is 5.69 Å². The second kappa shape index (κ2) is 8.32. The molecule has 0 aliphatic carbocycles. The summed E-state index contributed by atoms with van der Waals surface area (Å²) >= 11 is 0. The molecule has 2 aromatic carbocycles. The third-order valence-corrected chi connectivity index (χ3v) is 4.17. The zero-order valence-electron chi connectivity index (χ0n) is 14.3. The maximum absolute atomic E-state index is 14.6. The van der Waals surface area contributed by atoms with Gasteiger partial charge in [-0.2, -0.15) is 0 Å². The van der Waals surface area contributed by atoms with Crippen molar-refractivity contribution in [3.8, 4) is 5.75 Å². The van der Waals surface area contributed by atoms with E-state index in [4.69, 9.17) is 4.74 Å². The Morgan fingerprint density at radius 1 is 1.24 bits per heavy atom. The molecule has 0 radical (unpaired) electrons. The van der Waals surface area contributed by atoms with Gasteiger partial charge in [0.1, 0.15) is 11.6 Å². The van der Waals surface area contributed by atoms with Crippen molar-refractivity contribution >= 4 is 24.0 Å².